The van der Waals surface area contributed by atoms with Crippen molar-refractivity contribution in [1.82, 2.24) is 9.97 Å². The van der Waals surface area contributed by atoms with Crippen molar-refractivity contribution in [1.29, 1.82) is 0 Å². The minimum Gasteiger partial charge on any atom is -0.487 e. The molecular weight excluding hydrogens is 204 g/mol. The number of hydrogen-bond donors (Lipinski definition) is 1. The smallest absolute Gasteiger partial charge is 0.143 e. The van der Waals surface area contributed by atoms with Crippen molar-refractivity contribution in [2.24, 2.45) is 0 Å². The summed E-state index contributed by atoms with van der Waals surface area (Å²) in [5, 5.41) is 9.10. The van der Waals surface area contributed by atoms with E-state index in [0.717, 1.165) is 11.1 Å². The first-order valence-electron chi connectivity index (χ1n) is 4.95. The molecule has 1 N–H and O–H groups in total. The highest BCUT2D eigenvalue weighted by molar-refractivity contribution is 5.29. The molecule has 0 amide bonds. The van der Waals surface area contributed by atoms with E-state index in [-0.39, 0.29) is 6.61 Å². The Balaban J connectivity index is 2.05. The van der Waals surface area contributed by atoms with Crippen molar-refractivity contribution in [3.8, 4) is 5.75 Å². The Morgan fingerprint density at radius 1 is 1.12 bits per heavy atom. The normalized spacial score (nSPS) is 10.1. The monoisotopic (exact) mass is 216 g/mol. The number of aliphatic hydroxyl groups excluding tert-OH is 1. The third kappa shape index (κ3) is 2.55. The molecular formula is C12H12N2O2. The van der Waals surface area contributed by atoms with Crippen molar-refractivity contribution in [3.63, 3.8) is 0 Å². The van der Waals surface area contributed by atoms with Crippen LogP contribution >= 0.6 is 0 Å². The van der Waals surface area contributed by atoms with E-state index in [2.05, 4.69) is 9.97 Å². The minimum absolute atomic E-state index is 0.0507. The second-order valence-corrected chi connectivity index (χ2v) is 3.29. The molecule has 0 spiro atoms. The second-order valence-electron chi connectivity index (χ2n) is 3.29. The Morgan fingerprint density at radius 3 is 2.75 bits per heavy atom. The molecule has 0 saturated heterocycles. The third-order valence-electron chi connectivity index (χ3n) is 2.16. The Labute approximate surface area is 93.6 Å². The highest BCUT2D eigenvalue weighted by Gasteiger charge is 2.02. The van der Waals surface area contributed by atoms with Gasteiger partial charge in [0.15, 0.2) is 0 Å². The van der Waals surface area contributed by atoms with Crippen LogP contribution in [0.4, 0.5) is 0 Å². The largest absolute Gasteiger partial charge is 0.487 e. The van der Waals surface area contributed by atoms with E-state index >= 15 is 0 Å². The number of hydrogen-bond acceptors (Lipinski definition) is 4. The molecule has 2 aromatic rings. The van der Waals surface area contributed by atoms with Crippen molar-refractivity contribution in [2.75, 3.05) is 0 Å². The maximum absolute atomic E-state index is 9.10. The zero-order chi connectivity index (χ0) is 11.2. The summed E-state index contributed by atoms with van der Waals surface area (Å²) in [4.78, 5) is 7.95. The van der Waals surface area contributed by atoms with E-state index in [0.29, 0.717) is 12.4 Å². The fourth-order valence-electron chi connectivity index (χ4n) is 1.31. The molecule has 0 bridgehead atoms. The molecule has 82 valence electrons. The van der Waals surface area contributed by atoms with Crippen molar-refractivity contribution in [2.45, 2.75) is 13.2 Å². The molecule has 4 heteroatoms. The summed E-state index contributed by atoms with van der Waals surface area (Å²) < 4.78 is 5.55. The van der Waals surface area contributed by atoms with Crippen LogP contribution in [0.3, 0.4) is 0 Å². The standard InChI is InChI=1S/C12H12N2O2/c15-8-11-3-5-14-7-12(11)16-9-10-2-1-4-13-6-10/h1-7,15H,8-9H2. The lowest BCUT2D eigenvalue weighted by Gasteiger charge is -2.08. The molecule has 0 aliphatic carbocycles. The number of aromatic nitrogens is 2. The van der Waals surface area contributed by atoms with Crippen molar-refractivity contribution >= 4 is 0 Å². The summed E-state index contributed by atoms with van der Waals surface area (Å²) in [6, 6.07) is 5.52. The van der Waals surface area contributed by atoms with E-state index in [1.54, 1.807) is 30.9 Å². The predicted octanol–water partition coefficient (Wildman–Crippen LogP) is 1.55. The molecule has 0 fully saturated rings. The summed E-state index contributed by atoms with van der Waals surface area (Å²) in [5.41, 5.74) is 1.72. The molecule has 2 heterocycles. The molecule has 0 saturated carbocycles. The van der Waals surface area contributed by atoms with Crippen LogP contribution in [0.15, 0.2) is 43.0 Å². The Bertz CT molecular complexity index is 446. The fraction of sp³-hybridized carbons (Fsp3) is 0.167. The molecule has 0 aliphatic rings. The van der Waals surface area contributed by atoms with Gasteiger partial charge in [-0.15, -0.1) is 0 Å². The molecule has 4 nitrogen and oxygen atoms in total. The molecule has 0 aromatic carbocycles. The Hall–Kier alpha value is -1.94. The fourth-order valence-corrected chi connectivity index (χ4v) is 1.31. The van der Waals surface area contributed by atoms with Crippen LogP contribution in [0.5, 0.6) is 5.75 Å². The van der Waals surface area contributed by atoms with Gasteiger partial charge < -0.3 is 9.84 Å². The maximum atomic E-state index is 9.10. The van der Waals surface area contributed by atoms with E-state index in [1.807, 2.05) is 12.1 Å². The molecule has 16 heavy (non-hydrogen) atoms. The van der Waals surface area contributed by atoms with Gasteiger partial charge in [-0.25, -0.2) is 0 Å². The summed E-state index contributed by atoms with van der Waals surface area (Å²) >= 11 is 0. The number of ether oxygens (including phenoxy) is 1. The number of rotatable bonds is 4. The first-order valence-corrected chi connectivity index (χ1v) is 4.95. The van der Waals surface area contributed by atoms with E-state index in [9.17, 15) is 0 Å². The van der Waals surface area contributed by atoms with Gasteiger partial charge in [0.05, 0.1) is 12.8 Å². The number of pyridine rings is 2. The number of aliphatic hydroxyl groups is 1. The average molecular weight is 216 g/mol. The summed E-state index contributed by atoms with van der Waals surface area (Å²) in [7, 11) is 0. The van der Waals surface area contributed by atoms with Gasteiger partial charge in [-0.2, -0.15) is 0 Å². The van der Waals surface area contributed by atoms with Crippen LogP contribution in [0, 0.1) is 0 Å². The van der Waals surface area contributed by atoms with Crippen LogP contribution in [-0.4, -0.2) is 15.1 Å². The van der Waals surface area contributed by atoms with E-state index in [4.69, 9.17) is 9.84 Å². The predicted molar refractivity (Wildman–Crippen MR) is 58.7 cm³/mol. The maximum Gasteiger partial charge on any atom is 0.143 e. The van der Waals surface area contributed by atoms with Gasteiger partial charge in [0.1, 0.15) is 12.4 Å². The Morgan fingerprint density at radius 2 is 2.00 bits per heavy atom. The first kappa shape index (κ1) is 10.6. The second kappa shape index (κ2) is 5.23. The van der Waals surface area contributed by atoms with Crippen LogP contribution in [0.2, 0.25) is 0 Å². The molecule has 2 rings (SSSR count). The average Bonchev–Trinajstić information content (AvgIpc) is 2.38. The van der Waals surface area contributed by atoms with Crippen LogP contribution in [-0.2, 0) is 13.2 Å². The van der Waals surface area contributed by atoms with Gasteiger partial charge in [0, 0.05) is 29.7 Å². The summed E-state index contributed by atoms with van der Waals surface area (Å²) in [5.74, 6) is 0.605. The van der Waals surface area contributed by atoms with Crippen LogP contribution in [0.1, 0.15) is 11.1 Å². The molecule has 2 aromatic heterocycles. The van der Waals surface area contributed by atoms with Gasteiger partial charge in [0.2, 0.25) is 0 Å². The zero-order valence-electron chi connectivity index (χ0n) is 8.71. The molecule has 0 unspecified atom stereocenters. The lowest BCUT2D eigenvalue weighted by Crippen LogP contribution is -1.99. The van der Waals surface area contributed by atoms with Gasteiger partial charge in [-0.05, 0) is 12.1 Å². The summed E-state index contributed by atoms with van der Waals surface area (Å²) in [6.45, 7) is 0.372. The molecule has 0 atom stereocenters. The van der Waals surface area contributed by atoms with Crippen LogP contribution in [0.25, 0.3) is 0 Å². The van der Waals surface area contributed by atoms with Gasteiger partial charge >= 0.3 is 0 Å². The van der Waals surface area contributed by atoms with Crippen molar-refractivity contribution < 1.29 is 9.84 Å². The van der Waals surface area contributed by atoms with Crippen molar-refractivity contribution in [3.05, 3.63) is 54.1 Å². The third-order valence-corrected chi connectivity index (χ3v) is 2.16. The summed E-state index contributed by atoms with van der Waals surface area (Å²) in [6.07, 6.45) is 6.69. The highest BCUT2D eigenvalue weighted by Crippen LogP contribution is 2.17. The lowest BCUT2D eigenvalue weighted by atomic mass is 10.2. The lowest BCUT2D eigenvalue weighted by molar-refractivity contribution is 0.258. The topological polar surface area (TPSA) is 55.2 Å². The van der Waals surface area contributed by atoms with E-state index in [1.165, 1.54) is 0 Å². The Kier molecular flexibility index (Phi) is 3.46. The highest BCUT2D eigenvalue weighted by atomic mass is 16.5. The SMILES string of the molecule is OCc1ccncc1OCc1cccnc1. The minimum atomic E-state index is -0.0507. The molecule has 0 aliphatic heterocycles. The first-order chi connectivity index (χ1) is 7.90. The van der Waals surface area contributed by atoms with Crippen LogP contribution < -0.4 is 4.74 Å². The van der Waals surface area contributed by atoms with Gasteiger partial charge in [-0.1, -0.05) is 6.07 Å². The van der Waals surface area contributed by atoms with Gasteiger partial charge in [0.25, 0.3) is 0 Å². The van der Waals surface area contributed by atoms with Gasteiger partial charge in [-0.3, -0.25) is 9.97 Å². The quantitative estimate of drug-likeness (QED) is 0.842. The zero-order valence-corrected chi connectivity index (χ0v) is 8.71. The number of nitrogens with zero attached hydrogens (tertiary/aromatic N) is 2. The molecule has 0 radical (unpaired) electrons. The van der Waals surface area contributed by atoms with E-state index < -0.39 is 0 Å².